The van der Waals surface area contributed by atoms with Crippen LogP contribution < -0.4 is 10.6 Å². The minimum atomic E-state index is -0.139. The molecule has 0 aliphatic rings. The van der Waals surface area contributed by atoms with Gasteiger partial charge < -0.3 is 10.6 Å². The lowest BCUT2D eigenvalue weighted by atomic mass is 10.2. The highest BCUT2D eigenvalue weighted by Gasteiger charge is 2.10. The Bertz CT molecular complexity index is 538. The SMILES string of the molecule is Cc1cnc(C(C)CNC(=O)NCCc2cscn2)s1. The molecule has 0 saturated heterocycles. The van der Waals surface area contributed by atoms with E-state index in [1.807, 2.05) is 18.5 Å². The second kappa shape index (κ2) is 7.35. The molecule has 5 nitrogen and oxygen atoms in total. The summed E-state index contributed by atoms with van der Waals surface area (Å²) >= 11 is 3.24. The third-order valence-electron chi connectivity index (χ3n) is 2.78. The maximum atomic E-state index is 11.7. The van der Waals surface area contributed by atoms with E-state index >= 15 is 0 Å². The van der Waals surface area contributed by atoms with Gasteiger partial charge in [0.05, 0.1) is 16.2 Å². The molecule has 0 aliphatic carbocycles. The molecule has 0 saturated carbocycles. The van der Waals surface area contributed by atoms with Gasteiger partial charge in [-0.1, -0.05) is 6.92 Å². The zero-order chi connectivity index (χ0) is 14.4. The number of aryl methyl sites for hydroxylation is 1. The van der Waals surface area contributed by atoms with Crippen molar-refractivity contribution in [1.29, 1.82) is 0 Å². The summed E-state index contributed by atoms with van der Waals surface area (Å²) in [6.45, 7) is 5.29. The first-order valence-electron chi connectivity index (χ1n) is 6.46. The molecule has 0 aromatic carbocycles. The van der Waals surface area contributed by atoms with Crippen LogP contribution in [0.4, 0.5) is 4.79 Å². The van der Waals surface area contributed by atoms with E-state index in [-0.39, 0.29) is 11.9 Å². The van der Waals surface area contributed by atoms with Gasteiger partial charge >= 0.3 is 6.03 Å². The Kier molecular flexibility index (Phi) is 5.49. The lowest BCUT2D eigenvalue weighted by molar-refractivity contribution is 0.240. The molecular weight excluding hydrogens is 292 g/mol. The lowest BCUT2D eigenvalue weighted by Crippen LogP contribution is -2.38. The molecule has 1 atom stereocenters. The molecule has 108 valence electrons. The molecule has 0 spiro atoms. The van der Waals surface area contributed by atoms with Crippen LogP contribution in [-0.4, -0.2) is 29.1 Å². The fraction of sp³-hybridized carbons (Fsp3) is 0.462. The van der Waals surface area contributed by atoms with Crippen molar-refractivity contribution in [3.8, 4) is 0 Å². The summed E-state index contributed by atoms with van der Waals surface area (Å²) in [5.41, 5.74) is 2.81. The molecular formula is C13H18N4OS2. The number of nitrogens with zero attached hydrogens (tertiary/aromatic N) is 2. The van der Waals surface area contributed by atoms with E-state index in [2.05, 4.69) is 27.5 Å². The van der Waals surface area contributed by atoms with Crippen LogP contribution in [0.15, 0.2) is 17.1 Å². The monoisotopic (exact) mass is 310 g/mol. The quantitative estimate of drug-likeness (QED) is 0.861. The number of rotatable bonds is 6. The zero-order valence-electron chi connectivity index (χ0n) is 11.5. The van der Waals surface area contributed by atoms with Crippen LogP contribution in [0.3, 0.4) is 0 Å². The number of aromatic nitrogens is 2. The summed E-state index contributed by atoms with van der Waals surface area (Å²) in [4.78, 5) is 21.3. The number of hydrogen-bond acceptors (Lipinski definition) is 5. The van der Waals surface area contributed by atoms with E-state index in [0.717, 1.165) is 17.1 Å². The van der Waals surface area contributed by atoms with Crippen molar-refractivity contribution >= 4 is 28.7 Å². The van der Waals surface area contributed by atoms with Crippen molar-refractivity contribution in [1.82, 2.24) is 20.6 Å². The number of nitrogens with one attached hydrogen (secondary N) is 2. The number of carbonyl (C=O) groups excluding carboxylic acids is 1. The van der Waals surface area contributed by atoms with Gasteiger partial charge in [-0.25, -0.2) is 14.8 Å². The van der Waals surface area contributed by atoms with E-state index in [1.54, 1.807) is 28.2 Å². The van der Waals surface area contributed by atoms with E-state index in [9.17, 15) is 4.79 Å². The van der Waals surface area contributed by atoms with Crippen molar-refractivity contribution in [3.05, 3.63) is 32.7 Å². The van der Waals surface area contributed by atoms with Gasteiger partial charge in [-0.15, -0.1) is 22.7 Å². The lowest BCUT2D eigenvalue weighted by Gasteiger charge is -2.11. The Balaban J connectivity index is 1.64. The van der Waals surface area contributed by atoms with Gasteiger partial charge in [-0.05, 0) is 6.92 Å². The molecule has 0 aliphatic heterocycles. The molecule has 2 aromatic rings. The fourth-order valence-corrected chi connectivity index (χ4v) is 3.08. The summed E-state index contributed by atoms with van der Waals surface area (Å²) in [6, 6.07) is -0.139. The summed E-state index contributed by atoms with van der Waals surface area (Å²) in [6.07, 6.45) is 2.63. The molecule has 1 unspecified atom stereocenters. The second-order valence-corrected chi connectivity index (χ2v) is 6.56. The summed E-state index contributed by atoms with van der Waals surface area (Å²) in [5.74, 6) is 0.234. The van der Waals surface area contributed by atoms with Crippen LogP contribution in [0.1, 0.15) is 28.4 Å². The summed E-state index contributed by atoms with van der Waals surface area (Å²) in [7, 11) is 0. The predicted molar refractivity (Wildman–Crippen MR) is 82.5 cm³/mol. The minimum absolute atomic E-state index is 0.139. The maximum Gasteiger partial charge on any atom is 0.314 e. The third kappa shape index (κ3) is 4.57. The summed E-state index contributed by atoms with van der Waals surface area (Å²) in [5, 5.41) is 8.75. The Morgan fingerprint density at radius 2 is 2.25 bits per heavy atom. The molecule has 2 amide bonds. The van der Waals surface area contributed by atoms with Gasteiger partial charge in [0.25, 0.3) is 0 Å². The predicted octanol–water partition coefficient (Wildman–Crippen LogP) is 2.55. The Morgan fingerprint density at radius 3 is 2.90 bits per heavy atom. The topological polar surface area (TPSA) is 66.9 Å². The standard InChI is InChI=1S/C13H18N4OS2/c1-9(12-15-6-10(2)20-12)5-16-13(18)14-4-3-11-7-19-8-17-11/h6-9H,3-5H2,1-2H3,(H2,14,16,18). The molecule has 0 fully saturated rings. The van der Waals surface area contributed by atoms with Gasteiger partial charge in [0.1, 0.15) is 0 Å². The van der Waals surface area contributed by atoms with E-state index < -0.39 is 0 Å². The second-order valence-electron chi connectivity index (χ2n) is 4.58. The fourth-order valence-electron chi connectivity index (χ4n) is 1.66. The first-order chi connectivity index (χ1) is 9.65. The largest absolute Gasteiger partial charge is 0.338 e. The van der Waals surface area contributed by atoms with Crippen molar-refractivity contribution in [2.75, 3.05) is 13.1 Å². The van der Waals surface area contributed by atoms with Crippen LogP contribution in [0.5, 0.6) is 0 Å². The van der Waals surface area contributed by atoms with Crippen LogP contribution in [-0.2, 0) is 6.42 Å². The van der Waals surface area contributed by atoms with Crippen molar-refractivity contribution in [2.24, 2.45) is 0 Å². The van der Waals surface area contributed by atoms with Gasteiger partial charge in [0, 0.05) is 41.9 Å². The average molecular weight is 310 g/mol. The Labute approximate surface area is 126 Å². The molecule has 2 aromatic heterocycles. The average Bonchev–Trinajstić information content (AvgIpc) is 3.07. The Morgan fingerprint density at radius 1 is 1.40 bits per heavy atom. The van der Waals surface area contributed by atoms with Gasteiger partial charge in [0.2, 0.25) is 0 Å². The smallest absolute Gasteiger partial charge is 0.314 e. The third-order valence-corrected chi connectivity index (χ3v) is 4.56. The van der Waals surface area contributed by atoms with Crippen molar-refractivity contribution in [3.63, 3.8) is 0 Å². The zero-order valence-corrected chi connectivity index (χ0v) is 13.2. The molecule has 2 N–H and O–H groups in total. The van der Waals surface area contributed by atoms with Crippen LogP contribution >= 0.6 is 22.7 Å². The van der Waals surface area contributed by atoms with E-state index in [0.29, 0.717) is 13.1 Å². The van der Waals surface area contributed by atoms with Crippen LogP contribution in [0.2, 0.25) is 0 Å². The first-order valence-corrected chi connectivity index (χ1v) is 8.22. The van der Waals surface area contributed by atoms with Crippen molar-refractivity contribution < 1.29 is 4.79 Å². The molecule has 7 heteroatoms. The van der Waals surface area contributed by atoms with Gasteiger partial charge in [-0.3, -0.25) is 0 Å². The van der Waals surface area contributed by atoms with Crippen LogP contribution in [0, 0.1) is 6.92 Å². The molecule has 0 bridgehead atoms. The van der Waals surface area contributed by atoms with Gasteiger partial charge in [-0.2, -0.15) is 0 Å². The molecule has 0 radical (unpaired) electrons. The highest BCUT2D eigenvalue weighted by atomic mass is 32.1. The molecule has 20 heavy (non-hydrogen) atoms. The number of thiazole rings is 2. The van der Waals surface area contributed by atoms with E-state index in [1.165, 1.54) is 4.88 Å². The number of carbonyl (C=O) groups is 1. The number of amides is 2. The minimum Gasteiger partial charge on any atom is -0.338 e. The highest BCUT2D eigenvalue weighted by Crippen LogP contribution is 2.20. The highest BCUT2D eigenvalue weighted by molar-refractivity contribution is 7.11. The van der Waals surface area contributed by atoms with Crippen molar-refractivity contribution in [2.45, 2.75) is 26.2 Å². The van der Waals surface area contributed by atoms with E-state index in [4.69, 9.17) is 0 Å². The number of hydrogen-bond donors (Lipinski definition) is 2. The normalized spacial score (nSPS) is 12.1. The first kappa shape index (κ1) is 14.9. The maximum absolute atomic E-state index is 11.7. The Hall–Kier alpha value is -1.47. The molecule has 2 rings (SSSR count). The van der Waals surface area contributed by atoms with Crippen LogP contribution in [0.25, 0.3) is 0 Å². The summed E-state index contributed by atoms with van der Waals surface area (Å²) < 4.78 is 0. The number of urea groups is 1. The molecule has 2 heterocycles. The van der Waals surface area contributed by atoms with Gasteiger partial charge in [0.15, 0.2) is 0 Å².